The maximum absolute atomic E-state index is 4.04. The highest BCUT2D eigenvalue weighted by Crippen LogP contribution is 2.27. The molecule has 4 aromatic rings. The van der Waals surface area contributed by atoms with Gasteiger partial charge in [-0.05, 0) is 59.2 Å². The summed E-state index contributed by atoms with van der Waals surface area (Å²) >= 11 is 0. The first-order valence-corrected chi connectivity index (χ1v) is 10.1. The lowest BCUT2D eigenvalue weighted by molar-refractivity contribution is 0.483. The Labute approximate surface area is 182 Å². The maximum atomic E-state index is 4.04. The van der Waals surface area contributed by atoms with Crippen LogP contribution in [0.25, 0.3) is 22.2 Å². The number of nitrogens with zero attached hydrogens (tertiary/aromatic N) is 4. The topological polar surface area (TPSA) is 69.7 Å². The van der Waals surface area contributed by atoms with E-state index in [1.165, 1.54) is 22.0 Å². The standard InChI is InChI=1S/C23H24N6.ClH/c1-16(21-8-4-6-17-5-2-3-7-22(17)21)24-19-13-14-29(15-19)20-11-9-18(10-12-20)23-25-27-28-26-23;/h2-12,16,19,24H,13-15H2,1H3,(H,25,26,27,28);1H/t16-,19+;/m1./s1. The first-order chi connectivity index (χ1) is 14.3. The van der Waals surface area contributed by atoms with Crippen molar-refractivity contribution in [2.24, 2.45) is 0 Å². The predicted molar refractivity (Wildman–Crippen MR) is 123 cm³/mol. The number of aromatic amines is 1. The molecule has 2 heterocycles. The summed E-state index contributed by atoms with van der Waals surface area (Å²) in [6.07, 6.45) is 1.14. The third-order valence-electron chi connectivity index (χ3n) is 5.80. The fourth-order valence-electron chi connectivity index (χ4n) is 4.31. The van der Waals surface area contributed by atoms with Crippen molar-refractivity contribution >= 4 is 28.9 Å². The van der Waals surface area contributed by atoms with Gasteiger partial charge in [-0.3, -0.25) is 0 Å². The predicted octanol–water partition coefficient (Wildman–Crippen LogP) is 4.37. The number of tetrazole rings is 1. The van der Waals surface area contributed by atoms with Crippen LogP contribution in [0.3, 0.4) is 0 Å². The van der Waals surface area contributed by atoms with Gasteiger partial charge in [0.05, 0.1) is 0 Å². The lowest BCUT2D eigenvalue weighted by atomic mass is 9.99. The molecule has 0 radical (unpaired) electrons. The van der Waals surface area contributed by atoms with E-state index in [1.807, 2.05) is 0 Å². The average Bonchev–Trinajstić information content (AvgIpc) is 3.46. The van der Waals surface area contributed by atoms with Gasteiger partial charge in [0.2, 0.25) is 5.82 Å². The fraction of sp³-hybridized carbons (Fsp3) is 0.261. The van der Waals surface area contributed by atoms with Gasteiger partial charge in [-0.25, -0.2) is 0 Å². The Kier molecular flexibility index (Phi) is 5.97. The van der Waals surface area contributed by atoms with Crippen LogP contribution in [-0.4, -0.2) is 39.8 Å². The summed E-state index contributed by atoms with van der Waals surface area (Å²) in [6, 6.07) is 24.4. The molecule has 0 spiro atoms. The first kappa shape index (κ1) is 20.3. The second-order valence-corrected chi connectivity index (χ2v) is 7.67. The van der Waals surface area contributed by atoms with Gasteiger partial charge >= 0.3 is 0 Å². The highest BCUT2D eigenvalue weighted by Gasteiger charge is 2.24. The van der Waals surface area contributed by atoms with E-state index in [2.05, 4.69) is 104 Å². The van der Waals surface area contributed by atoms with E-state index in [4.69, 9.17) is 0 Å². The quantitative estimate of drug-likeness (QED) is 0.501. The van der Waals surface area contributed by atoms with Crippen molar-refractivity contribution in [3.63, 3.8) is 0 Å². The first-order valence-electron chi connectivity index (χ1n) is 10.1. The molecule has 3 aromatic carbocycles. The summed E-state index contributed by atoms with van der Waals surface area (Å²) in [6.45, 7) is 4.34. The second kappa shape index (κ2) is 8.81. The fourth-order valence-corrected chi connectivity index (χ4v) is 4.31. The zero-order valence-electron chi connectivity index (χ0n) is 16.8. The van der Waals surface area contributed by atoms with Crippen LogP contribution >= 0.6 is 12.4 Å². The molecule has 6 nitrogen and oxygen atoms in total. The number of anilines is 1. The Morgan fingerprint density at radius 2 is 1.83 bits per heavy atom. The van der Waals surface area contributed by atoms with Crippen LogP contribution in [-0.2, 0) is 0 Å². The van der Waals surface area contributed by atoms with Crippen molar-refractivity contribution in [3.05, 3.63) is 72.3 Å². The van der Waals surface area contributed by atoms with Crippen molar-refractivity contribution in [2.75, 3.05) is 18.0 Å². The Hall–Kier alpha value is -2.96. The molecule has 0 aliphatic carbocycles. The maximum Gasteiger partial charge on any atom is 0.204 e. The summed E-state index contributed by atoms with van der Waals surface area (Å²) in [7, 11) is 0. The third-order valence-corrected chi connectivity index (χ3v) is 5.80. The van der Waals surface area contributed by atoms with Crippen molar-refractivity contribution in [1.82, 2.24) is 25.9 Å². The van der Waals surface area contributed by atoms with Crippen molar-refractivity contribution in [3.8, 4) is 11.4 Å². The SMILES string of the molecule is C[C@@H](N[C@H]1CCN(c2ccc(-c3nn[nH]n3)cc2)C1)c1cccc2ccccc12.Cl. The molecule has 0 saturated carbocycles. The van der Waals surface area contributed by atoms with Crippen LogP contribution in [0, 0.1) is 0 Å². The van der Waals surface area contributed by atoms with Gasteiger partial charge in [-0.2, -0.15) is 5.21 Å². The lowest BCUT2D eigenvalue weighted by Crippen LogP contribution is -2.34. The third kappa shape index (κ3) is 4.01. The zero-order chi connectivity index (χ0) is 19.6. The van der Waals surface area contributed by atoms with E-state index in [-0.39, 0.29) is 12.4 Å². The molecule has 1 saturated heterocycles. The molecular weight excluding hydrogens is 396 g/mol. The Bertz CT molecular complexity index is 1090. The molecule has 2 N–H and O–H groups in total. The summed E-state index contributed by atoms with van der Waals surface area (Å²) in [4.78, 5) is 2.44. The van der Waals surface area contributed by atoms with Gasteiger partial charge in [-0.15, -0.1) is 22.6 Å². The molecule has 7 heteroatoms. The summed E-state index contributed by atoms with van der Waals surface area (Å²) in [5, 5.41) is 20.7. The lowest BCUT2D eigenvalue weighted by Gasteiger charge is -2.23. The van der Waals surface area contributed by atoms with Crippen molar-refractivity contribution < 1.29 is 0 Å². The minimum absolute atomic E-state index is 0. The van der Waals surface area contributed by atoms with Gasteiger partial charge in [-0.1, -0.05) is 42.5 Å². The minimum atomic E-state index is 0. The monoisotopic (exact) mass is 420 g/mol. The molecule has 5 rings (SSSR count). The summed E-state index contributed by atoms with van der Waals surface area (Å²) < 4.78 is 0. The number of hydrogen-bond donors (Lipinski definition) is 2. The smallest absolute Gasteiger partial charge is 0.204 e. The number of nitrogens with one attached hydrogen (secondary N) is 2. The molecule has 154 valence electrons. The van der Waals surface area contributed by atoms with E-state index in [0.29, 0.717) is 17.9 Å². The Balaban J connectivity index is 0.00000218. The largest absolute Gasteiger partial charge is 0.370 e. The molecule has 1 aliphatic rings. The number of fused-ring (bicyclic) bond motifs is 1. The number of H-pyrrole nitrogens is 1. The number of halogens is 1. The van der Waals surface area contributed by atoms with Gasteiger partial charge in [0, 0.05) is 36.4 Å². The van der Waals surface area contributed by atoms with Gasteiger partial charge < -0.3 is 10.2 Å². The van der Waals surface area contributed by atoms with Crippen LogP contribution < -0.4 is 10.2 Å². The molecular formula is C23H25ClN6. The van der Waals surface area contributed by atoms with Crippen molar-refractivity contribution in [1.29, 1.82) is 0 Å². The molecule has 30 heavy (non-hydrogen) atoms. The minimum Gasteiger partial charge on any atom is -0.370 e. The summed E-state index contributed by atoms with van der Waals surface area (Å²) in [5.74, 6) is 0.626. The normalized spacial score (nSPS) is 17.1. The highest BCUT2D eigenvalue weighted by atomic mass is 35.5. The molecule has 0 amide bonds. The van der Waals surface area contributed by atoms with E-state index in [9.17, 15) is 0 Å². The zero-order valence-corrected chi connectivity index (χ0v) is 17.6. The summed E-state index contributed by atoms with van der Waals surface area (Å²) in [5.41, 5.74) is 3.58. The Morgan fingerprint density at radius 1 is 1.03 bits per heavy atom. The van der Waals surface area contributed by atoms with Gasteiger partial charge in [0.25, 0.3) is 0 Å². The highest BCUT2D eigenvalue weighted by molar-refractivity contribution is 5.86. The van der Waals surface area contributed by atoms with Crippen molar-refractivity contribution in [2.45, 2.75) is 25.4 Å². The van der Waals surface area contributed by atoms with E-state index in [1.54, 1.807) is 0 Å². The van der Waals surface area contributed by atoms with Gasteiger partial charge in [0.15, 0.2) is 0 Å². The van der Waals surface area contributed by atoms with Crippen LogP contribution in [0.5, 0.6) is 0 Å². The number of benzene rings is 3. The van der Waals surface area contributed by atoms with E-state index in [0.717, 1.165) is 25.1 Å². The van der Waals surface area contributed by atoms with Gasteiger partial charge in [0.1, 0.15) is 0 Å². The van der Waals surface area contributed by atoms with Crippen LogP contribution in [0.15, 0.2) is 66.7 Å². The van der Waals surface area contributed by atoms with Crippen LogP contribution in [0.4, 0.5) is 5.69 Å². The molecule has 0 unspecified atom stereocenters. The number of aromatic nitrogens is 4. The van der Waals surface area contributed by atoms with E-state index < -0.39 is 0 Å². The van der Waals surface area contributed by atoms with E-state index >= 15 is 0 Å². The number of hydrogen-bond acceptors (Lipinski definition) is 5. The Morgan fingerprint density at radius 3 is 2.63 bits per heavy atom. The molecule has 2 atom stereocenters. The van der Waals surface area contributed by atoms with Crippen LogP contribution in [0.1, 0.15) is 24.9 Å². The average molecular weight is 421 g/mol. The number of rotatable bonds is 5. The molecule has 1 aliphatic heterocycles. The molecule has 1 fully saturated rings. The van der Waals surface area contributed by atoms with Crippen LogP contribution in [0.2, 0.25) is 0 Å². The molecule has 0 bridgehead atoms. The second-order valence-electron chi connectivity index (χ2n) is 7.67. The molecule has 1 aromatic heterocycles.